The van der Waals surface area contributed by atoms with Crippen molar-refractivity contribution in [3.8, 4) is 0 Å². The standard InChI is InChI=1S/C8H6ClF2NO3/c9-6-5(7(10)11)3(1-4(13)14)2-12-8(6)15/h2,7H,1H2,(H,12,15)(H,13,14). The largest absolute Gasteiger partial charge is 0.481 e. The molecule has 0 spiro atoms. The SMILES string of the molecule is O=C(O)Cc1c[nH]c(=O)c(Cl)c1C(F)F. The van der Waals surface area contributed by atoms with Gasteiger partial charge in [0.25, 0.3) is 12.0 Å². The first kappa shape index (κ1) is 11.6. The number of nitrogens with one attached hydrogen (secondary N) is 1. The lowest BCUT2D eigenvalue weighted by atomic mass is 10.1. The molecule has 0 radical (unpaired) electrons. The molecule has 0 unspecified atom stereocenters. The van der Waals surface area contributed by atoms with Crippen LogP contribution in [0.25, 0.3) is 0 Å². The van der Waals surface area contributed by atoms with E-state index in [0.29, 0.717) is 0 Å². The van der Waals surface area contributed by atoms with Gasteiger partial charge in [0.1, 0.15) is 5.02 Å². The number of carbonyl (C=O) groups is 1. The predicted octanol–water partition coefficient (Wildman–Crippen LogP) is 1.59. The Morgan fingerprint density at radius 1 is 1.60 bits per heavy atom. The fourth-order valence-electron chi connectivity index (χ4n) is 1.10. The Bertz CT molecular complexity index is 444. The minimum absolute atomic E-state index is 0.192. The zero-order valence-corrected chi connectivity index (χ0v) is 8.02. The third-order valence-corrected chi connectivity index (χ3v) is 2.09. The number of carboxylic acids is 1. The second-order valence-electron chi connectivity index (χ2n) is 2.74. The molecule has 0 bridgehead atoms. The van der Waals surface area contributed by atoms with Crippen molar-refractivity contribution >= 4 is 17.6 Å². The van der Waals surface area contributed by atoms with E-state index in [9.17, 15) is 18.4 Å². The number of carboxylic acid groups (broad SMARTS) is 1. The third-order valence-electron chi connectivity index (χ3n) is 1.72. The summed E-state index contributed by atoms with van der Waals surface area (Å²) in [5.41, 5.74) is -1.77. The molecule has 15 heavy (non-hydrogen) atoms. The maximum absolute atomic E-state index is 12.5. The lowest BCUT2D eigenvalue weighted by Crippen LogP contribution is -2.14. The van der Waals surface area contributed by atoms with Crippen LogP contribution in [-0.2, 0) is 11.2 Å². The summed E-state index contributed by atoms with van der Waals surface area (Å²) in [6, 6.07) is 0. The third kappa shape index (κ3) is 2.53. The average Bonchev–Trinajstić information content (AvgIpc) is 2.10. The number of rotatable bonds is 3. The van der Waals surface area contributed by atoms with Crippen LogP contribution in [0.2, 0.25) is 5.02 Å². The molecule has 82 valence electrons. The molecule has 4 nitrogen and oxygen atoms in total. The normalized spacial score (nSPS) is 10.7. The summed E-state index contributed by atoms with van der Waals surface area (Å²) >= 11 is 5.36. The van der Waals surface area contributed by atoms with Gasteiger partial charge in [-0.25, -0.2) is 8.78 Å². The van der Waals surface area contributed by atoms with Crippen LogP contribution in [-0.4, -0.2) is 16.1 Å². The van der Waals surface area contributed by atoms with E-state index in [2.05, 4.69) is 4.98 Å². The molecule has 7 heteroatoms. The van der Waals surface area contributed by atoms with Gasteiger partial charge in [0.15, 0.2) is 0 Å². The van der Waals surface area contributed by atoms with E-state index < -0.39 is 35.0 Å². The molecular formula is C8H6ClF2NO3. The topological polar surface area (TPSA) is 70.2 Å². The summed E-state index contributed by atoms with van der Waals surface area (Å²) < 4.78 is 25.0. The molecule has 0 atom stereocenters. The van der Waals surface area contributed by atoms with Crippen LogP contribution in [0, 0.1) is 0 Å². The molecule has 1 heterocycles. The zero-order chi connectivity index (χ0) is 11.6. The molecule has 0 amide bonds. The number of aromatic amines is 1. The van der Waals surface area contributed by atoms with E-state index >= 15 is 0 Å². The van der Waals surface area contributed by atoms with E-state index in [-0.39, 0.29) is 5.56 Å². The van der Waals surface area contributed by atoms with Gasteiger partial charge in [-0.2, -0.15) is 0 Å². The Balaban J connectivity index is 3.33. The monoisotopic (exact) mass is 237 g/mol. The highest BCUT2D eigenvalue weighted by molar-refractivity contribution is 6.31. The first-order valence-electron chi connectivity index (χ1n) is 3.83. The molecule has 0 saturated carbocycles. The molecule has 0 aliphatic carbocycles. The molecule has 1 aromatic rings. The summed E-state index contributed by atoms with van der Waals surface area (Å²) in [5.74, 6) is -1.28. The van der Waals surface area contributed by atoms with Gasteiger partial charge in [-0.15, -0.1) is 0 Å². The van der Waals surface area contributed by atoms with E-state index in [0.717, 1.165) is 6.20 Å². The number of hydrogen-bond donors (Lipinski definition) is 2. The summed E-state index contributed by atoms with van der Waals surface area (Å²) in [6.07, 6.45) is -2.66. The average molecular weight is 238 g/mol. The van der Waals surface area contributed by atoms with Crippen molar-refractivity contribution in [3.63, 3.8) is 0 Å². The second kappa shape index (κ2) is 4.39. The Labute approximate surface area is 87.5 Å². The number of aliphatic carboxylic acids is 1. The Morgan fingerprint density at radius 2 is 2.20 bits per heavy atom. The van der Waals surface area contributed by atoms with Crippen LogP contribution in [0.15, 0.2) is 11.0 Å². The predicted molar refractivity (Wildman–Crippen MR) is 48.4 cm³/mol. The van der Waals surface area contributed by atoms with Crippen LogP contribution >= 0.6 is 11.6 Å². The molecule has 1 aromatic heterocycles. The first-order valence-corrected chi connectivity index (χ1v) is 4.21. The zero-order valence-electron chi connectivity index (χ0n) is 7.26. The van der Waals surface area contributed by atoms with Crippen molar-refractivity contribution in [1.29, 1.82) is 0 Å². The number of H-pyrrole nitrogens is 1. The highest BCUT2D eigenvalue weighted by Gasteiger charge is 2.20. The quantitative estimate of drug-likeness (QED) is 0.839. The number of alkyl halides is 2. The number of halogens is 3. The van der Waals surface area contributed by atoms with E-state index in [1.807, 2.05) is 0 Å². The Kier molecular flexibility index (Phi) is 3.41. The molecule has 0 aliphatic heterocycles. The van der Waals surface area contributed by atoms with E-state index in [1.54, 1.807) is 0 Å². The minimum atomic E-state index is -2.98. The van der Waals surface area contributed by atoms with Crippen LogP contribution in [0.1, 0.15) is 17.6 Å². The summed E-state index contributed by atoms with van der Waals surface area (Å²) in [7, 11) is 0. The smallest absolute Gasteiger partial charge is 0.307 e. The highest BCUT2D eigenvalue weighted by Crippen LogP contribution is 2.27. The van der Waals surface area contributed by atoms with Crippen molar-refractivity contribution in [2.45, 2.75) is 12.8 Å². The lowest BCUT2D eigenvalue weighted by molar-refractivity contribution is -0.136. The fourth-order valence-corrected chi connectivity index (χ4v) is 1.36. The Hall–Kier alpha value is -1.43. The van der Waals surface area contributed by atoms with Gasteiger partial charge in [0, 0.05) is 11.8 Å². The van der Waals surface area contributed by atoms with Crippen LogP contribution in [0.3, 0.4) is 0 Å². The molecular weight excluding hydrogens is 232 g/mol. The van der Waals surface area contributed by atoms with Crippen LogP contribution in [0.5, 0.6) is 0 Å². The fraction of sp³-hybridized carbons (Fsp3) is 0.250. The van der Waals surface area contributed by atoms with Crippen LogP contribution in [0.4, 0.5) is 8.78 Å². The second-order valence-corrected chi connectivity index (χ2v) is 3.12. The maximum atomic E-state index is 12.5. The molecule has 0 saturated heterocycles. The number of hydrogen-bond acceptors (Lipinski definition) is 2. The minimum Gasteiger partial charge on any atom is -0.481 e. The number of pyridine rings is 1. The van der Waals surface area contributed by atoms with Gasteiger partial charge >= 0.3 is 5.97 Å². The summed E-state index contributed by atoms with van der Waals surface area (Å²) in [6.45, 7) is 0. The van der Waals surface area contributed by atoms with Crippen molar-refractivity contribution in [2.75, 3.05) is 0 Å². The summed E-state index contributed by atoms with van der Waals surface area (Å²) in [4.78, 5) is 23.4. The Morgan fingerprint density at radius 3 is 2.67 bits per heavy atom. The molecule has 0 aliphatic rings. The van der Waals surface area contributed by atoms with E-state index in [1.165, 1.54) is 0 Å². The van der Waals surface area contributed by atoms with Crippen molar-refractivity contribution in [1.82, 2.24) is 4.98 Å². The summed E-state index contributed by atoms with van der Waals surface area (Å²) in [5, 5.41) is 7.79. The van der Waals surface area contributed by atoms with Crippen molar-refractivity contribution in [3.05, 3.63) is 32.7 Å². The van der Waals surface area contributed by atoms with Gasteiger partial charge in [0.2, 0.25) is 0 Å². The van der Waals surface area contributed by atoms with Gasteiger partial charge in [-0.05, 0) is 5.56 Å². The molecule has 0 aromatic carbocycles. The van der Waals surface area contributed by atoms with Gasteiger partial charge in [0.05, 0.1) is 6.42 Å². The van der Waals surface area contributed by atoms with E-state index in [4.69, 9.17) is 16.7 Å². The van der Waals surface area contributed by atoms with Gasteiger partial charge in [-0.3, -0.25) is 9.59 Å². The van der Waals surface area contributed by atoms with Crippen molar-refractivity contribution in [2.24, 2.45) is 0 Å². The lowest BCUT2D eigenvalue weighted by Gasteiger charge is -2.07. The first-order chi connectivity index (χ1) is 6.93. The van der Waals surface area contributed by atoms with Gasteiger partial charge in [-0.1, -0.05) is 11.6 Å². The molecule has 0 fully saturated rings. The van der Waals surface area contributed by atoms with Crippen molar-refractivity contribution < 1.29 is 18.7 Å². The van der Waals surface area contributed by atoms with Crippen LogP contribution < -0.4 is 5.56 Å². The highest BCUT2D eigenvalue weighted by atomic mass is 35.5. The van der Waals surface area contributed by atoms with Gasteiger partial charge < -0.3 is 10.1 Å². The molecule has 1 rings (SSSR count). The molecule has 2 N–H and O–H groups in total. The maximum Gasteiger partial charge on any atom is 0.307 e. The number of aromatic nitrogens is 1.